The van der Waals surface area contributed by atoms with E-state index in [0.717, 1.165) is 22.8 Å². The van der Waals surface area contributed by atoms with Crippen LogP contribution in [0.15, 0.2) is 115 Å². The summed E-state index contributed by atoms with van der Waals surface area (Å²) < 4.78 is 4.97. The highest BCUT2D eigenvalue weighted by atomic mass is 16.5. The van der Waals surface area contributed by atoms with Crippen LogP contribution in [-0.2, 0) is 9.53 Å². The molecule has 5 aliphatic rings. The molecule has 134 valence electrons. The molecule has 0 amide bonds. The third kappa shape index (κ3) is 2.91. The van der Waals surface area contributed by atoms with Crippen LogP contribution in [0.5, 0.6) is 0 Å². The Labute approximate surface area is 161 Å². The quantitative estimate of drug-likeness (QED) is 0.669. The number of esters is 1. The van der Waals surface area contributed by atoms with E-state index < -0.39 is 5.97 Å². The smallest absolute Gasteiger partial charge is 0.342 e. The van der Waals surface area contributed by atoms with Gasteiger partial charge in [-0.05, 0) is 66.8 Å². The van der Waals surface area contributed by atoms with Crippen LogP contribution in [0.25, 0.3) is 0 Å². The molecule has 0 aromatic rings. The first-order chi connectivity index (χ1) is 13.7. The van der Waals surface area contributed by atoms with Crippen molar-refractivity contribution in [3.05, 3.63) is 95.2 Å². The molecule has 0 saturated carbocycles. The molecule has 0 spiro atoms. The van der Waals surface area contributed by atoms with E-state index in [0.29, 0.717) is 28.4 Å². The van der Waals surface area contributed by atoms with Gasteiger partial charge in [-0.2, -0.15) is 0 Å². The van der Waals surface area contributed by atoms with E-state index in [-0.39, 0.29) is 0 Å². The zero-order valence-corrected chi connectivity index (χ0v) is 15.0. The van der Waals surface area contributed by atoms with Crippen LogP contribution in [0.4, 0.5) is 0 Å². The van der Waals surface area contributed by atoms with Crippen molar-refractivity contribution in [1.82, 2.24) is 0 Å². The van der Waals surface area contributed by atoms with Crippen LogP contribution in [0.3, 0.4) is 0 Å². The average Bonchev–Trinajstić information content (AvgIpc) is 3.46. The lowest BCUT2D eigenvalue weighted by Crippen LogP contribution is -2.14. The highest BCUT2D eigenvalue weighted by Crippen LogP contribution is 2.24. The Hall–Kier alpha value is -3.93. The number of fused-ring (bicyclic) bond motifs is 4. The van der Waals surface area contributed by atoms with Gasteiger partial charge in [-0.15, -0.1) is 0 Å². The van der Waals surface area contributed by atoms with Crippen LogP contribution >= 0.6 is 0 Å². The maximum Gasteiger partial charge on any atom is 0.342 e. The highest BCUT2D eigenvalue weighted by molar-refractivity contribution is 6.27. The average molecular weight is 366 g/mol. The van der Waals surface area contributed by atoms with Crippen molar-refractivity contribution in [2.24, 2.45) is 20.0 Å². The van der Waals surface area contributed by atoms with Crippen LogP contribution in [0, 0.1) is 0 Å². The third-order valence-corrected chi connectivity index (χ3v) is 4.48. The van der Waals surface area contributed by atoms with Crippen LogP contribution < -0.4 is 0 Å². The van der Waals surface area contributed by atoms with E-state index in [2.05, 4.69) is 20.0 Å². The van der Waals surface area contributed by atoms with Gasteiger partial charge in [0.2, 0.25) is 0 Å². The van der Waals surface area contributed by atoms with E-state index >= 15 is 0 Å². The number of methoxy groups -OCH3 is 1. The standard InChI is InChI=1S/C22H14N4O2/c1-28-22(27)21-19-8-6-17(25-19)11-15-4-2-13(23-15)10-14-3-5-16(24-14)12-18-7-9-20(21)26-18/h2-12H,1H3. The van der Waals surface area contributed by atoms with Gasteiger partial charge in [0, 0.05) is 0 Å². The Balaban J connectivity index is 1.70. The second-order valence-electron chi connectivity index (χ2n) is 6.40. The summed E-state index contributed by atoms with van der Waals surface area (Å²) in [6.45, 7) is 0. The summed E-state index contributed by atoms with van der Waals surface area (Å²) in [5.41, 5.74) is 6.00. The first kappa shape index (κ1) is 16.3. The Morgan fingerprint density at radius 2 is 1.21 bits per heavy atom. The summed E-state index contributed by atoms with van der Waals surface area (Å²) in [7, 11) is 1.35. The third-order valence-electron chi connectivity index (χ3n) is 4.48. The van der Waals surface area contributed by atoms with E-state index in [1.54, 1.807) is 12.2 Å². The Morgan fingerprint density at radius 3 is 1.86 bits per heavy atom. The van der Waals surface area contributed by atoms with Gasteiger partial charge >= 0.3 is 5.97 Å². The van der Waals surface area contributed by atoms with E-state index in [9.17, 15) is 4.79 Å². The number of carbonyl (C=O) groups is 1. The van der Waals surface area contributed by atoms with Gasteiger partial charge < -0.3 is 4.74 Å². The molecule has 5 aliphatic heterocycles. The number of aliphatic imine (C=N–C) groups is 4. The van der Waals surface area contributed by atoms with Gasteiger partial charge in [0.25, 0.3) is 0 Å². The molecule has 0 radical (unpaired) electrons. The van der Waals surface area contributed by atoms with Crippen molar-refractivity contribution < 1.29 is 9.53 Å². The lowest BCUT2D eigenvalue weighted by Gasteiger charge is -2.05. The molecular weight excluding hydrogens is 352 g/mol. The van der Waals surface area contributed by atoms with Gasteiger partial charge in [-0.3, -0.25) is 0 Å². The largest absolute Gasteiger partial charge is 0.465 e. The van der Waals surface area contributed by atoms with Crippen LogP contribution in [-0.4, -0.2) is 35.9 Å². The molecule has 0 N–H and O–H groups in total. The maximum absolute atomic E-state index is 12.4. The number of ether oxygens (including phenoxy) is 1. The zero-order valence-electron chi connectivity index (χ0n) is 15.0. The normalized spacial score (nSPS) is 21.2. The zero-order chi connectivity index (χ0) is 19.1. The van der Waals surface area contributed by atoms with Gasteiger partial charge in [-0.1, -0.05) is 0 Å². The fourth-order valence-corrected chi connectivity index (χ4v) is 3.20. The lowest BCUT2D eigenvalue weighted by atomic mass is 10.1. The Kier molecular flexibility index (Phi) is 3.69. The second-order valence-corrected chi connectivity index (χ2v) is 6.40. The topological polar surface area (TPSA) is 75.7 Å². The molecule has 0 aliphatic carbocycles. The molecule has 0 aromatic carbocycles. The van der Waals surface area contributed by atoms with Crippen LogP contribution in [0.1, 0.15) is 0 Å². The summed E-state index contributed by atoms with van der Waals surface area (Å²) in [5.74, 6) is -0.479. The number of hydrogen-bond donors (Lipinski definition) is 0. The van der Waals surface area contributed by atoms with Gasteiger partial charge in [0.15, 0.2) is 0 Å². The second kappa shape index (κ2) is 6.35. The van der Waals surface area contributed by atoms with Crippen molar-refractivity contribution in [2.75, 3.05) is 7.11 Å². The molecule has 0 saturated heterocycles. The van der Waals surface area contributed by atoms with Crippen molar-refractivity contribution in [3.63, 3.8) is 0 Å². The first-order valence-electron chi connectivity index (χ1n) is 8.73. The summed E-state index contributed by atoms with van der Waals surface area (Å²) in [6.07, 6.45) is 20.6. The first-order valence-corrected chi connectivity index (χ1v) is 8.73. The van der Waals surface area contributed by atoms with Crippen molar-refractivity contribution >= 4 is 28.8 Å². The Morgan fingerprint density at radius 1 is 0.679 bits per heavy atom. The molecule has 8 bridgehead atoms. The summed E-state index contributed by atoms with van der Waals surface area (Å²) >= 11 is 0. The van der Waals surface area contributed by atoms with Crippen molar-refractivity contribution in [3.8, 4) is 0 Å². The monoisotopic (exact) mass is 366 g/mol. The predicted octanol–water partition coefficient (Wildman–Crippen LogP) is 3.12. The number of carbonyl (C=O) groups excluding carboxylic acids is 1. The molecule has 0 aromatic heterocycles. The fraction of sp³-hybridized carbons (Fsp3) is 0.0455. The molecule has 0 atom stereocenters. The summed E-state index contributed by atoms with van der Waals surface area (Å²) in [5, 5.41) is 0. The van der Waals surface area contributed by atoms with E-state index in [4.69, 9.17) is 4.74 Å². The SMILES string of the molecule is COC(=O)C1=C2C=CC(=N2)C=C2C=CC(=N2)C=C2C=CC(=N2)C=C2C=CC1=N2. The minimum atomic E-state index is -0.479. The number of nitrogens with zero attached hydrogens (tertiary/aromatic N) is 4. The number of allylic oxidation sites excluding steroid dienone is 11. The van der Waals surface area contributed by atoms with Crippen LogP contribution in [0.2, 0.25) is 0 Å². The van der Waals surface area contributed by atoms with Gasteiger partial charge in [0.1, 0.15) is 5.57 Å². The molecule has 0 unspecified atom stereocenters. The summed E-state index contributed by atoms with van der Waals surface area (Å²) in [4.78, 5) is 30.7. The van der Waals surface area contributed by atoms with E-state index in [1.165, 1.54) is 7.11 Å². The minimum absolute atomic E-state index is 0.328. The fourth-order valence-electron chi connectivity index (χ4n) is 3.20. The molecule has 0 fully saturated rings. The lowest BCUT2D eigenvalue weighted by molar-refractivity contribution is -0.135. The van der Waals surface area contributed by atoms with Crippen molar-refractivity contribution in [1.29, 1.82) is 0 Å². The molecule has 6 heteroatoms. The summed E-state index contributed by atoms with van der Waals surface area (Å²) in [6, 6.07) is 0. The molecule has 6 nitrogen and oxygen atoms in total. The predicted molar refractivity (Wildman–Crippen MR) is 110 cm³/mol. The molecule has 28 heavy (non-hydrogen) atoms. The Bertz CT molecular complexity index is 1190. The highest BCUT2D eigenvalue weighted by Gasteiger charge is 2.24. The number of hydrogen-bond acceptors (Lipinski definition) is 6. The van der Waals surface area contributed by atoms with Gasteiger partial charge in [0.05, 0.1) is 52.7 Å². The van der Waals surface area contributed by atoms with Crippen molar-refractivity contribution in [2.45, 2.75) is 0 Å². The maximum atomic E-state index is 12.4. The van der Waals surface area contributed by atoms with E-state index in [1.807, 2.05) is 54.7 Å². The van der Waals surface area contributed by atoms with Gasteiger partial charge in [-0.25, -0.2) is 24.8 Å². The molecule has 5 heterocycles. The number of rotatable bonds is 1. The molecule has 5 rings (SSSR count). The minimum Gasteiger partial charge on any atom is -0.465 e. The molecular formula is C22H14N4O2.